The standard InChI is InChI=1S/C14H24N4S2/c1-12(2)6-9(15-10(19)16-12)7-14(5)8-13(3,4)17-11(20)18-14/h6H,7-8H2,1-5H3,(H2,15,16,19)(H2,17,18,20)/t14-/m0/s1. The molecule has 2 rings (SSSR count). The molecule has 1 atom stereocenters. The molecule has 0 spiro atoms. The zero-order valence-electron chi connectivity index (χ0n) is 12.8. The van der Waals surface area contributed by atoms with Crippen LogP contribution in [0.4, 0.5) is 0 Å². The van der Waals surface area contributed by atoms with Gasteiger partial charge >= 0.3 is 0 Å². The minimum atomic E-state index is -0.114. The predicted octanol–water partition coefficient (Wildman–Crippen LogP) is 1.92. The van der Waals surface area contributed by atoms with Gasteiger partial charge in [-0.3, -0.25) is 0 Å². The minimum absolute atomic E-state index is 0.000582. The maximum Gasteiger partial charge on any atom is 0.171 e. The number of hydrogen-bond acceptors (Lipinski definition) is 2. The number of rotatable bonds is 2. The SMILES string of the molecule is CC1(C)C=C(C[C@@]2(C)CC(C)(C)NC(=S)N2)NC(=S)N1. The Labute approximate surface area is 132 Å². The third kappa shape index (κ3) is 3.82. The largest absolute Gasteiger partial charge is 0.358 e. The van der Waals surface area contributed by atoms with E-state index in [9.17, 15) is 0 Å². The molecule has 0 unspecified atom stereocenters. The van der Waals surface area contributed by atoms with Crippen LogP contribution in [0.2, 0.25) is 0 Å². The van der Waals surface area contributed by atoms with Gasteiger partial charge in [0.25, 0.3) is 0 Å². The third-order valence-corrected chi connectivity index (χ3v) is 3.93. The van der Waals surface area contributed by atoms with Crippen LogP contribution in [0.25, 0.3) is 0 Å². The fraction of sp³-hybridized carbons (Fsp3) is 0.714. The molecule has 0 amide bonds. The molecule has 0 aliphatic carbocycles. The summed E-state index contributed by atoms with van der Waals surface area (Å²) in [5, 5.41) is 14.6. The van der Waals surface area contributed by atoms with Crippen molar-refractivity contribution in [1.82, 2.24) is 21.3 Å². The summed E-state index contributed by atoms with van der Waals surface area (Å²) in [7, 11) is 0. The number of hydrogen-bond donors (Lipinski definition) is 4. The Hall–Kier alpha value is -0.880. The maximum atomic E-state index is 5.34. The van der Waals surface area contributed by atoms with E-state index < -0.39 is 0 Å². The van der Waals surface area contributed by atoms with Crippen molar-refractivity contribution in [3.05, 3.63) is 11.8 Å². The van der Waals surface area contributed by atoms with Gasteiger partial charge in [0.1, 0.15) is 0 Å². The van der Waals surface area contributed by atoms with E-state index in [0.29, 0.717) is 5.11 Å². The first-order valence-corrected chi connectivity index (χ1v) is 7.72. The van der Waals surface area contributed by atoms with E-state index in [2.05, 4.69) is 62.0 Å². The molecule has 0 aromatic heterocycles. The van der Waals surface area contributed by atoms with Gasteiger partial charge in [0, 0.05) is 23.2 Å². The molecule has 2 aliphatic rings. The summed E-state index contributed by atoms with van der Waals surface area (Å²) in [6, 6.07) is 0. The van der Waals surface area contributed by atoms with Crippen LogP contribution >= 0.6 is 24.4 Å². The summed E-state index contributed by atoms with van der Waals surface area (Å²) in [5.41, 5.74) is 0.958. The van der Waals surface area contributed by atoms with Crippen LogP contribution in [-0.4, -0.2) is 26.8 Å². The van der Waals surface area contributed by atoms with Crippen LogP contribution in [0.5, 0.6) is 0 Å². The minimum Gasteiger partial charge on any atom is -0.358 e. The summed E-state index contributed by atoms with van der Waals surface area (Å²) in [6.07, 6.45) is 4.05. The van der Waals surface area contributed by atoms with E-state index in [1.807, 2.05) is 0 Å². The summed E-state index contributed by atoms with van der Waals surface area (Å²) in [6.45, 7) is 10.8. The van der Waals surface area contributed by atoms with Gasteiger partial charge in [-0.1, -0.05) is 0 Å². The Morgan fingerprint density at radius 2 is 1.65 bits per heavy atom. The molecular weight excluding hydrogens is 288 g/mol. The summed E-state index contributed by atoms with van der Waals surface area (Å²) >= 11 is 10.6. The molecule has 4 nitrogen and oxygen atoms in total. The first-order valence-electron chi connectivity index (χ1n) is 6.90. The van der Waals surface area contributed by atoms with Crippen molar-refractivity contribution in [2.75, 3.05) is 0 Å². The molecule has 2 heterocycles. The Bertz CT molecular complexity index is 482. The van der Waals surface area contributed by atoms with Gasteiger partial charge in [-0.15, -0.1) is 0 Å². The van der Waals surface area contributed by atoms with Crippen molar-refractivity contribution in [3.8, 4) is 0 Å². The monoisotopic (exact) mass is 312 g/mol. The second-order valence-electron chi connectivity index (χ2n) is 7.35. The van der Waals surface area contributed by atoms with Gasteiger partial charge in [-0.2, -0.15) is 0 Å². The predicted molar refractivity (Wildman–Crippen MR) is 91.6 cm³/mol. The first-order chi connectivity index (χ1) is 8.99. The van der Waals surface area contributed by atoms with Crippen molar-refractivity contribution in [1.29, 1.82) is 0 Å². The van der Waals surface area contributed by atoms with E-state index in [1.54, 1.807) is 0 Å². The normalized spacial score (nSPS) is 31.4. The van der Waals surface area contributed by atoms with Crippen LogP contribution in [0.1, 0.15) is 47.5 Å². The second kappa shape index (κ2) is 4.84. The maximum absolute atomic E-state index is 5.34. The van der Waals surface area contributed by atoms with Crippen LogP contribution in [0.15, 0.2) is 11.8 Å². The van der Waals surface area contributed by atoms with E-state index in [4.69, 9.17) is 24.4 Å². The fourth-order valence-corrected chi connectivity index (χ4v) is 4.19. The van der Waals surface area contributed by atoms with Gasteiger partial charge in [0.05, 0.1) is 5.54 Å². The molecule has 112 valence electrons. The van der Waals surface area contributed by atoms with Crippen LogP contribution < -0.4 is 21.3 Å². The molecule has 0 radical (unpaired) electrons. The van der Waals surface area contributed by atoms with E-state index in [1.165, 1.54) is 0 Å². The van der Waals surface area contributed by atoms with Gasteiger partial charge in [-0.05, 0) is 71.6 Å². The molecule has 1 saturated heterocycles. The van der Waals surface area contributed by atoms with Crippen molar-refractivity contribution < 1.29 is 0 Å². The molecule has 20 heavy (non-hydrogen) atoms. The van der Waals surface area contributed by atoms with Crippen LogP contribution in [-0.2, 0) is 0 Å². The van der Waals surface area contributed by atoms with Crippen molar-refractivity contribution in [2.45, 2.75) is 64.1 Å². The summed E-state index contributed by atoms with van der Waals surface area (Å²) in [5.74, 6) is 0. The van der Waals surface area contributed by atoms with Gasteiger partial charge in [0.2, 0.25) is 0 Å². The van der Waals surface area contributed by atoms with Gasteiger partial charge < -0.3 is 21.3 Å². The zero-order chi connectivity index (χ0) is 15.2. The average molecular weight is 313 g/mol. The summed E-state index contributed by atoms with van der Waals surface area (Å²) in [4.78, 5) is 0. The highest BCUT2D eigenvalue weighted by Gasteiger charge is 2.39. The van der Waals surface area contributed by atoms with E-state index in [-0.39, 0.29) is 16.6 Å². The summed E-state index contributed by atoms with van der Waals surface area (Å²) < 4.78 is 0. The lowest BCUT2D eigenvalue weighted by atomic mass is 9.80. The molecule has 6 heteroatoms. The first kappa shape index (κ1) is 15.5. The molecule has 0 aromatic carbocycles. The molecule has 0 aromatic rings. The molecular formula is C14H24N4S2. The highest BCUT2D eigenvalue weighted by molar-refractivity contribution is 7.80. The van der Waals surface area contributed by atoms with Crippen molar-refractivity contribution in [2.24, 2.45) is 0 Å². The quantitative estimate of drug-likeness (QED) is 0.585. The highest BCUT2D eigenvalue weighted by Crippen LogP contribution is 2.30. The molecule has 2 aliphatic heterocycles. The van der Waals surface area contributed by atoms with E-state index >= 15 is 0 Å². The van der Waals surface area contributed by atoms with Gasteiger partial charge in [0.15, 0.2) is 10.2 Å². The number of thiocarbonyl (C=S) groups is 2. The molecule has 0 saturated carbocycles. The highest BCUT2D eigenvalue weighted by atomic mass is 32.1. The third-order valence-electron chi connectivity index (χ3n) is 3.52. The smallest absolute Gasteiger partial charge is 0.171 e. The van der Waals surface area contributed by atoms with Gasteiger partial charge in [-0.25, -0.2) is 0 Å². The average Bonchev–Trinajstić information content (AvgIpc) is 2.06. The molecule has 4 N–H and O–H groups in total. The van der Waals surface area contributed by atoms with Crippen molar-refractivity contribution >= 4 is 34.7 Å². The lowest BCUT2D eigenvalue weighted by molar-refractivity contribution is 0.245. The Morgan fingerprint density at radius 3 is 2.20 bits per heavy atom. The molecule has 1 fully saturated rings. The van der Waals surface area contributed by atoms with Crippen molar-refractivity contribution in [3.63, 3.8) is 0 Å². The Morgan fingerprint density at radius 1 is 1.00 bits per heavy atom. The second-order valence-corrected chi connectivity index (χ2v) is 8.16. The lowest BCUT2D eigenvalue weighted by Gasteiger charge is -2.46. The number of nitrogens with one attached hydrogen (secondary N) is 4. The van der Waals surface area contributed by atoms with Crippen LogP contribution in [0, 0.1) is 0 Å². The topological polar surface area (TPSA) is 48.1 Å². The zero-order valence-corrected chi connectivity index (χ0v) is 14.4. The lowest BCUT2D eigenvalue weighted by Crippen LogP contribution is -2.65. The van der Waals surface area contributed by atoms with Crippen LogP contribution in [0.3, 0.4) is 0 Å². The fourth-order valence-electron chi connectivity index (χ4n) is 3.28. The Balaban J connectivity index is 2.18. The molecule has 0 bridgehead atoms. The Kier molecular flexibility index (Phi) is 3.75. The van der Waals surface area contributed by atoms with E-state index in [0.717, 1.165) is 23.7 Å².